The van der Waals surface area contributed by atoms with Crippen LogP contribution in [0.5, 0.6) is 0 Å². The monoisotopic (exact) mass is 444 g/mol. The van der Waals surface area contributed by atoms with Crippen LogP contribution in [-0.2, 0) is 14.4 Å². The van der Waals surface area contributed by atoms with Crippen LogP contribution in [-0.4, -0.2) is 35.8 Å². The zero-order valence-electron chi connectivity index (χ0n) is 17.3. The Bertz CT molecular complexity index is 969. The van der Waals surface area contributed by atoms with Gasteiger partial charge in [-0.2, -0.15) is 0 Å². The normalized spacial score (nSPS) is 14.0. The van der Waals surface area contributed by atoms with Crippen LogP contribution in [0.1, 0.15) is 38.3 Å². The Kier molecular flexibility index (Phi) is 7.88. The summed E-state index contributed by atoms with van der Waals surface area (Å²) in [6.45, 7) is 2.05. The van der Waals surface area contributed by atoms with Crippen molar-refractivity contribution in [3.63, 3.8) is 0 Å². The zero-order chi connectivity index (χ0) is 22.2. The van der Waals surface area contributed by atoms with E-state index >= 15 is 0 Å². The Morgan fingerprint density at radius 3 is 2.61 bits per heavy atom. The number of hydrogen-bond acceptors (Lipinski definition) is 5. The quantitative estimate of drug-likeness (QED) is 0.482. The highest BCUT2D eigenvalue weighted by Gasteiger charge is 2.22. The third kappa shape index (κ3) is 6.21. The predicted molar refractivity (Wildman–Crippen MR) is 118 cm³/mol. The van der Waals surface area contributed by atoms with Gasteiger partial charge in [-0.3, -0.25) is 19.3 Å². The SMILES string of the molecule is CC(=O)N(c1nc(/C=C/C(=O)NCCNC(=O)C2CCCC2)cs1)c1ccccc1F. The molecule has 1 aromatic carbocycles. The fraction of sp³-hybridized carbons (Fsp3) is 0.364. The molecule has 2 aromatic rings. The number of benzene rings is 1. The summed E-state index contributed by atoms with van der Waals surface area (Å²) in [5.74, 6) is -1.05. The van der Waals surface area contributed by atoms with Crippen molar-refractivity contribution in [3.05, 3.63) is 47.2 Å². The minimum atomic E-state index is -0.524. The predicted octanol–water partition coefficient (Wildman–Crippen LogP) is 3.40. The van der Waals surface area contributed by atoms with Crippen LogP contribution in [0.2, 0.25) is 0 Å². The Morgan fingerprint density at radius 1 is 1.19 bits per heavy atom. The van der Waals surface area contributed by atoms with Crippen molar-refractivity contribution in [1.82, 2.24) is 15.6 Å². The average molecular weight is 445 g/mol. The van der Waals surface area contributed by atoms with E-state index in [-0.39, 0.29) is 29.3 Å². The summed E-state index contributed by atoms with van der Waals surface area (Å²) >= 11 is 1.17. The van der Waals surface area contributed by atoms with E-state index in [1.807, 2.05) is 0 Å². The van der Waals surface area contributed by atoms with Crippen LogP contribution in [0.4, 0.5) is 15.2 Å². The van der Waals surface area contributed by atoms with Crippen LogP contribution in [0, 0.1) is 11.7 Å². The van der Waals surface area contributed by atoms with E-state index < -0.39 is 5.82 Å². The number of amides is 3. The Morgan fingerprint density at radius 2 is 1.90 bits per heavy atom. The summed E-state index contributed by atoms with van der Waals surface area (Å²) < 4.78 is 14.1. The number of nitrogens with zero attached hydrogens (tertiary/aromatic N) is 2. The van der Waals surface area contributed by atoms with Gasteiger partial charge in [0.25, 0.3) is 0 Å². The number of halogens is 1. The molecule has 1 fully saturated rings. The number of rotatable bonds is 8. The van der Waals surface area contributed by atoms with Gasteiger partial charge in [0.2, 0.25) is 17.7 Å². The topological polar surface area (TPSA) is 91.4 Å². The third-order valence-electron chi connectivity index (χ3n) is 4.96. The van der Waals surface area contributed by atoms with Gasteiger partial charge in [-0.1, -0.05) is 25.0 Å². The van der Waals surface area contributed by atoms with Gasteiger partial charge in [0.15, 0.2) is 5.13 Å². The van der Waals surface area contributed by atoms with Gasteiger partial charge in [-0.05, 0) is 31.1 Å². The fourth-order valence-electron chi connectivity index (χ4n) is 3.42. The number of hydrogen-bond donors (Lipinski definition) is 2. The van der Waals surface area contributed by atoms with Gasteiger partial charge in [-0.15, -0.1) is 11.3 Å². The summed E-state index contributed by atoms with van der Waals surface area (Å²) in [5, 5.41) is 7.54. The molecule has 31 heavy (non-hydrogen) atoms. The maximum atomic E-state index is 14.1. The molecule has 0 atom stereocenters. The first kappa shape index (κ1) is 22.6. The summed E-state index contributed by atoms with van der Waals surface area (Å²) in [6.07, 6.45) is 6.93. The molecule has 164 valence electrons. The molecule has 1 aliphatic rings. The lowest BCUT2D eigenvalue weighted by atomic mass is 10.1. The van der Waals surface area contributed by atoms with Gasteiger partial charge < -0.3 is 10.6 Å². The standard InChI is InChI=1S/C22H25FN4O3S/c1-15(28)27(19-9-5-4-8-18(19)23)22-26-17(14-31-22)10-11-20(29)24-12-13-25-21(30)16-6-2-3-7-16/h4-5,8-11,14,16H,2-3,6-7,12-13H2,1H3,(H,24,29)(H,25,30)/b11-10+. The van der Waals surface area contributed by atoms with Crippen molar-refractivity contribution >= 4 is 46.0 Å². The highest BCUT2D eigenvalue weighted by Crippen LogP contribution is 2.31. The van der Waals surface area contributed by atoms with Crippen LogP contribution < -0.4 is 15.5 Å². The van der Waals surface area contributed by atoms with Crippen LogP contribution >= 0.6 is 11.3 Å². The Hall–Kier alpha value is -3.07. The van der Waals surface area contributed by atoms with Crippen LogP contribution in [0.3, 0.4) is 0 Å². The van der Waals surface area contributed by atoms with Crippen molar-refractivity contribution in [2.75, 3.05) is 18.0 Å². The second-order valence-corrected chi connectivity index (χ2v) is 8.09. The maximum Gasteiger partial charge on any atom is 0.244 e. The summed E-state index contributed by atoms with van der Waals surface area (Å²) in [7, 11) is 0. The lowest BCUT2D eigenvalue weighted by Gasteiger charge is -2.18. The zero-order valence-corrected chi connectivity index (χ0v) is 18.1. The number of carbonyl (C=O) groups is 3. The van der Waals surface area contributed by atoms with Gasteiger partial charge in [-0.25, -0.2) is 9.37 Å². The molecule has 0 saturated heterocycles. The molecular weight excluding hydrogens is 419 g/mol. The van der Waals surface area contributed by atoms with Crippen molar-refractivity contribution in [1.29, 1.82) is 0 Å². The molecule has 0 aliphatic heterocycles. The number of aromatic nitrogens is 1. The molecule has 0 radical (unpaired) electrons. The molecule has 0 unspecified atom stereocenters. The van der Waals surface area contributed by atoms with Crippen LogP contribution in [0.25, 0.3) is 6.08 Å². The average Bonchev–Trinajstić information content (AvgIpc) is 3.43. The smallest absolute Gasteiger partial charge is 0.244 e. The maximum absolute atomic E-state index is 14.1. The second kappa shape index (κ2) is 10.8. The molecule has 9 heteroatoms. The second-order valence-electron chi connectivity index (χ2n) is 7.26. The molecule has 1 saturated carbocycles. The third-order valence-corrected chi connectivity index (χ3v) is 5.81. The molecule has 1 heterocycles. The van der Waals surface area contributed by atoms with Crippen molar-refractivity contribution in [2.45, 2.75) is 32.6 Å². The van der Waals surface area contributed by atoms with Crippen LogP contribution in [0.15, 0.2) is 35.7 Å². The lowest BCUT2D eigenvalue weighted by molar-refractivity contribution is -0.125. The number of thiazole rings is 1. The van der Waals surface area contributed by atoms with E-state index in [0.717, 1.165) is 25.7 Å². The lowest BCUT2D eigenvalue weighted by Crippen LogP contribution is -2.36. The number of carbonyl (C=O) groups excluding carboxylic acids is 3. The molecule has 7 nitrogen and oxygen atoms in total. The van der Waals surface area contributed by atoms with E-state index in [4.69, 9.17) is 0 Å². The summed E-state index contributed by atoms with van der Waals surface area (Å²) in [4.78, 5) is 41.5. The Balaban J connectivity index is 1.51. The first-order valence-corrected chi connectivity index (χ1v) is 11.1. The van der Waals surface area contributed by atoms with E-state index in [1.54, 1.807) is 17.5 Å². The van der Waals surface area contributed by atoms with Gasteiger partial charge in [0.1, 0.15) is 5.82 Å². The first-order valence-electron chi connectivity index (χ1n) is 10.2. The van der Waals surface area contributed by atoms with E-state index in [2.05, 4.69) is 15.6 Å². The van der Waals surface area contributed by atoms with Crippen molar-refractivity contribution in [2.24, 2.45) is 5.92 Å². The van der Waals surface area contributed by atoms with Gasteiger partial charge in [0.05, 0.1) is 11.4 Å². The summed E-state index contributed by atoms with van der Waals surface area (Å²) in [5.41, 5.74) is 0.601. The Labute approximate surface area is 184 Å². The van der Waals surface area contributed by atoms with E-state index in [0.29, 0.717) is 23.9 Å². The van der Waals surface area contributed by atoms with Crippen molar-refractivity contribution in [3.8, 4) is 0 Å². The van der Waals surface area contributed by atoms with Gasteiger partial charge >= 0.3 is 0 Å². The molecule has 0 spiro atoms. The molecule has 1 aromatic heterocycles. The number of anilines is 2. The molecule has 0 bridgehead atoms. The highest BCUT2D eigenvalue weighted by molar-refractivity contribution is 7.14. The largest absolute Gasteiger partial charge is 0.354 e. The highest BCUT2D eigenvalue weighted by atomic mass is 32.1. The minimum absolute atomic E-state index is 0.0576. The molecule has 3 rings (SSSR count). The van der Waals surface area contributed by atoms with Crippen molar-refractivity contribution < 1.29 is 18.8 Å². The van der Waals surface area contributed by atoms with E-state index in [9.17, 15) is 18.8 Å². The number of para-hydroxylation sites is 1. The van der Waals surface area contributed by atoms with Gasteiger partial charge in [0, 0.05) is 37.4 Å². The molecule has 3 amide bonds. The molecule has 2 N–H and O–H groups in total. The fourth-order valence-corrected chi connectivity index (χ4v) is 4.27. The molecular formula is C22H25FN4O3S. The summed E-state index contributed by atoms with van der Waals surface area (Å²) in [6, 6.07) is 5.97. The number of nitrogens with one attached hydrogen (secondary N) is 2. The minimum Gasteiger partial charge on any atom is -0.354 e. The first-order chi connectivity index (χ1) is 15.0. The molecule has 1 aliphatic carbocycles. The van der Waals surface area contributed by atoms with E-state index in [1.165, 1.54) is 47.4 Å².